The summed E-state index contributed by atoms with van der Waals surface area (Å²) in [5, 5.41) is 3.27. The number of hydrogen-bond acceptors (Lipinski definition) is 3. The number of nitrogens with zero attached hydrogens (tertiary/aromatic N) is 2. The lowest BCUT2D eigenvalue weighted by Crippen LogP contribution is -2.40. The number of benzene rings is 1. The molecule has 1 N–H and O–H groups in total. The number of ether oxygens (including phenoxy) is 2. The second kappa shape index (κ2) is 9.20. The van der Waals surface area contributed by atoms with Crippen molar-refractivity contribution >= 4 is 5.96 Å². The van der Waals surface area contributed by atoms with Gasteiger partial charge in [0.2, 0.25) is 0 Å². The van der Waals surface area contributed by atoms with Crippen LogP contribution >= 0.6 is 0 Å². The average molecular weight is 279 g/mol. The van der Waals surface area contributed by atoms with E-state index in [0.717, 1.165) is 37.0 Å². The van der Waals surface area contributed by atoms with Gasteiger partial charge in [0, 0.05) is 39.4 Å². The van der Waals surface area contributed by atoms with Crippen LogP contribution in [0.3, 0.4) is 0 Å². The van der Waals surface area contributed by atoms with E-state index in [4.69, 9.17) is 9.47 Å². The summed E-state index contributed by atoms with van der Waals surface area (Å²) in [7, 11) is 5.47. The Labute approximate surface area is 121 Å². The lowest BCUT2D eigenvalue weighted by Gasteiger charge is -2.23. The van der Waals surface area contributed by atoms with Crippen LogP contribution in [0.5, 0.6) is 5.75 Å². The Morgan fingerprint density at radius 1 is 1.35 bits per heavy atom. The van der Waals surface area contributed by atoms with E-state index >= 15 is 0 Å². The number of nitrogens with one attached hydrogen (secondary N) is 1. The van der Waals surface area contributed by atoms with Crippen molar-refractivity contribution in [2.45, 2.75) is 13.5 Å². The molecule has 1 aromatic carbocycles. The average Bonchev–Trinajstić information content (AvgIpc) is 2.48. The van der Waals surface area contributed by atoms with E-state index in [0.29, 0.717) is 6.61 Å². The van der Waals surface area contributed by atoms with Crippen molar-refractivity contribution in [3.8, 4) is 5.75 Å². The van der Waals surface area contributed by atoms with E-state index in [2.05, 4.69) is 21.3 Å². The minimum absolute atomic E-state index is 0.679. The summed E-state index contributed by atoms with van der Waals surface area (Å²) in [5.41, 5.74) is 1.13. The summed E-state index contributed by atoms with van der Waals surface area (Å²) in [5.74, 6) is 1.74. The predicted octanol–water partition coefficient (Wildman–Crippen LogP) is 1.74. The Bertz CT molecular complexity index is 421. The van der Waals surface area contributed by atoms with Gasteiger partial charge in [-0.1, -0.05) is 18.2 Å². The Kier molecular flexibility index (Phi) is 7.50. The molecule has 0 aliphatic heterocycles. The largest absolute Gasteiger partial charge is 0.496 e. The second-order valence-corrected chi connectivity index (χ2v) is 4.34. The molecule has 1 aromatic rings. The molecule has 0 amide bonds. The number of guanidine groups is 1. The summed E-state index contributed by atoms with van der Waals surface area (Å²) in [6.07, 6.45) is 0. The molecule has 5 nitrogen and oxygen atoms in total. The van der Waals surface area contributed by atoms with Gasteiger partial charge in [-0.3, -0.25) is 4.99 Å². The summed E-state index contributed by atoms with van der Waals surface area (Å²) in [4.78, 5) is 6.33. The van der Waals surface area contributed by atoms with Crippen LogP contribution < -0.4 is 10.1 Å². The van der Waals surface area contributed by atoms with Crippen LogP contribution in [0.15, 0.2) is 29.3 Å². The first-order valence-electron chi connectivity index (χ1n) is 6.84. The molecule has 20 heavy (non-hydrogen) atoms. The van der Waals surface area contributed by atoms with Crippen molar-refractivity contribution < 1.29 is 9.47 Å². The van der Waals surface area contributed by atoms with Crippen LogP contribution in [0.2, 0.25) is 0 Å². The van der Waals surface area contributed by atoms with Gasteiger partial charge in [-0.2, -0.15) is 0 Å². The van der Waals surface area contributed by atoms with Crippen LogP contribution in [-0.4, -0.2) is 51.8 Å². The molecule has 0 aliphatic carbocycles. The van der Waals surface area contributed by atoms with E-state index < -0.39 is 0 Å². The van der Waals surface area contributed by atoms with Crippen LogP contribution in [0, 0.1) is 0 Å². The third kappa shape index (κ3) is 5.09. The molecule has 0 heterocycles. The van der Waals surface area contributed by atoms with Gasteiger partial charge in [0.15, 0.2) is 5.96 Å². The highest BCUT2D eigenvalue weighted by Gasteiger charge is 2.09. The van der Waals surface area contributed by atoms with Gasteiger partial charge in [-0.25, -0.2) is 0 Å². The normalized spacial score (nSPS) is 11.3. The Morgan fingerprint density at radius 3 is 2.75 bits per heavy atom. The van der Waals surface area contributed by atoms with Crippen molar-refractivity contribution in [1.82, 2.24) is 10.2 Å². The molecule has 0 aromatic heterocycles. The first-order chi connectivity index (χ1) is 9.72. The third-order valence-electron chi connectivity index (χ3n) is 2.91. The molecular weight excluding hydrogens is 254 g/mol. The SMILES string of the molecule is CCOCCNC(=NC)N(C)Cc1ccccc1OC. The first kappa shape index (κ1) is 16.3. The summed E-state index contributed by atoms with van der Waals surface area (Å²) in [6, 6.07) is 8.01. The minimum Gasteiger partial charge on any atom is -0.496 e. The van der Waals surface area contributed by atoms with Gasteiger partial charge >= 0.3 is 0 Å². The first-order valence-corrected chi connectivity index (χ1v) is 6.84. The zero-order valence-corrected chi connectivity index (χ0v) is 12.8. The number of aliphatic imine (C=N–C) groups is 1. The Hall–Kier alpha value is -1.75. The highest BCUT2D eigenvalue weighted by molar-refractivity contribution is 5.79. The van der Waals surface area contributed by atoms with Crippen LogP contribution in [-0.2, 0) is 11.3 Å². The van der Waals surface area contributed by atoms with Crippen LogP contribution in [0.4, 0.5) is 0 Å². The van der Waals surface area contributed by atoms with Crippen molar-refractivity contribution in [2.75, 3.05) is 41.0 Å². The van der Waals surface area contributed by atoms with Gasteiger partial charge in [0.05, 0.1) is 13.7 Å². The Morgan fingerprint density at radius 2 is 2.10 bits per heavy atom. The zero-order chi connectivity index (χ0) is 14.8. The second-order valence-electron chi connectivity index (χ2n) is 4.34. The van der Waals surface area contributed by atoms with Crippen LogP contribution in [0.1, 0.15) is 12.5 Å². The highest BCUT2D eigenvalue weighted by atomic mass is 16.5. The van der Waals surface area contributed by atoms with Crippen molar-refractivity contribution in [1.29, 1.82) is 0 Å². The van der Waals surface area contributed by atoms with Gasteiger partial charge in [-0.15, -0.1) is 0 Å². The van der Waals surface area contributed by atoms with E-state index in [1.54, 1.807) is 14.2 Å². The standard InChI is InChI=1S/C15H25N3O2/c1-5-20-11-10-17-15(16-2)18(3)12-13-8-6-7-9-14(13)19-4/h6-9H,5,10-12H2,1-4H3,(H,16,17). The third-order valence-corrected chi connectivity index (χ3v) is 2.91. The summed E-state index contributed by atoms with van der Waals surface area (Å²) < 4.78 is 10.7. The predicted molar refractivity (Wildman–Crippen MR) is 82.3 cm³/mol. The number of para-hydroxylation sites is 1. The molecule has 0 unspecified atom stereocenters. The maximum atomic E-state index is 5.37. The summed E-state index contributed by atoms with van der Waals surface area (Å²) >= 11 is 0. The molecule has 1 rings (SSSR count). The quantitative estimate of drug-likeness (QED) is 0.469. The smallest absolute Gasteiger partial charge is 0.193 e. The molecule has 0 radical (unpaired) electrons. The molecule has 0 saturated carbocycles. The van der Waals surface area contributed by atoms with Gasteiger partial charge < -0.3 is 19.7 Å². The topological polar surface area (TPSA) is 46.1 Å². The minimum atomic E-state index is 0.679. The molecule has 0 bridgehead atoms. The number of rotatable bonds is 7. The Balaban J connectivity index is 2.56. The van der Waals surface area contributed by atoms with Gasteiger partial charge in [0.1, 0.15) is 5.75 Å². The fraction of sp³-hybridized carbons (Fsp3) is 0.533. The molecule has 5 heteroatoms. The van der Waals surface area contributed by atoms with Crippen molar-refractivity contribution in [3.63, 3.8) is 0 Å². The molecule has 112 valence electrons. The van der Waals surface area contributed by atoms with E-state index in [1.165, 1.54) is 0 Å². The number of methoxy groups -OCH3 is 1. The molecule has 0 spiro atoms. The molecular formula is C15H25N3O2. The lowest BCUT2D eigenvalue weighted by molar-refractivity contribution is 0.152. The van der Waals surface area contributed by atoms with Crippen molar-refractivity contribution in [3.05, 3.63) is 29.8 Å². The van der Waals surface area contributed by atoms with E-state index in [1.807, 2.05) is 32.2 Å². The summed E-state index contributed by atoms with van der Waals surface area (Å²) in [6.45, 7) is 4.88. The van der Waals surface area contributed by atoms with Crippen molar-refractivity contribution in [2.24, 2.45) is 4.99 Å². The van der Waals surface area contributed by atoms with Crippen LogP contribution in [0.25, 0.3) is 0 Å². The lowest BCUT2D eigenvalue weighted by atomic mass is 10.2. The highest BCUT2D eigenvalue weighted by Crippen LogP contribution is 2.18. The molecule has 0 atom stereocenters. The van der Waals surface area contributed by atoms with E-state index in [9.17, 15) is 0 Å². The van der Waals surface area contributed by atoms with E-state index in [-0.39, 0.29) is 0 Å². The molecule has 0 aliphatic rings. The zero-order valence-electron chi connectivity index (χ0n) is 12.8. The monoisotopic (exact) mass is 279 g/mol. The fourth-order valence-corrected chi connectivity index (χ4v) is 1.93. The van der Waals surface area contributed by atoms with Gasteiger partial charge in [-0.05, 0) is 13.0 Å². The molecule has 0 fully saturated rings. The number of hydrogen-bond donors (Lipinski definition) is 1. The molecule has 0 saturated heterocycles. The fourth-order valence-electron chi connectivity index (χ4n) is 1.93. The van der Waals surface area contributed by atoms with Gasteiger partial charge in [0.25, 0.3) is 0 Å². The maximum absolute atomic E-state index is 5.37. The maximum Gasteiger partial charge on any atom is 0.193 e.